The molecule has 0 bridgehead atoms. The molecule has 108 valence electrons. The van der Waals surface area contributed by atoms with Gasteiger partial charge in [-0.3, -0.25) is 4.68 Å². The van der Waals surface area contributed by atoms with Crippen LogP contribution >= 0.6 is 31.9 Å². The van der Waals surface area contributed by atoms with Crippen LogP contribution in [0.25, 0.3) is 0 Å². The summed E-state index contributed by atoms with van der Waals surface area (Å²) in [6, 6.07) is 8.55. The quantitative estimate of drug-likeness (QED) is 0.772. The molecule has 0 fully saturated rings. The van der Waals surface area contributed by atoms with E-state index in [2.05, 4.69) is 80.4 Å². The van der Waals surface area contributed by atoms with Crippen molar-refractivity contribution in [1.29, 1.82) is 0 Å². The Morgan fingerprint density at radius 1 is 1.25 bits per heavy atom. The van der Waals surface area contributed by atoms with Crippen LogP contribution in [0.3, 0.4) is 0 Å². The van der Waals surface area contributed by atoms with Gasteiger partial charge in [0.2, 0.25) is 0 Å². The topological polar surface area (TPSA) is 29.9 Å². The Balaban J connectivity index is 2.41. The van der Waals surface area contributed by atoms with E-state index in [-0.39, 0.29) is 6.04 Å². The van der Waals surface area contributed by atoms with Crippen molar-refractivity contribution in [2.24, 2.45) is 0 Å². The summed E-state index contributed by atoms with van der Waals surface area (Å²) in [6.45, 7) is 6.14. The van der Waals surface area contributed by atoms with Crippen molar-refractivity contribution in [1.82, 2.24) is 15.1 Å². The summed E-state index contributed by atoms with van der Waals surface area (Å²) in [4.78, 5) is 0. The summed E-state index contributed by atoms with van der Waals surface area (Å²) >= 11 is 7.18. The van der Waals surface area contributed by atoms with Gasteiger partial charge in [-0.1, -0.05) is 44.8 Å². The number of hydrogen-bond acceptors (Lipinski definition) is 2. The highest BCUT2D eigenvalue weighted by atomic mass is 79.9. The molecule has 0 saturated carbocycles. The minimum Gasteiger partial charge on any atom is -0.305 e. The first kappa shape index (κ1) is 15.7. The lowest BCUT2D eigenvalue weighted by molar-refractivity contribution is 0.528. The van der Waals surface area contributed by atoms with E-state index in [4.69, 9.17) is 0 Å². The molecule has 0 radical (unpaired) electrons. The summed E-state index contributed by atoms with van der Waals surface area (Å²) in [6.07, 6.45) is 2.97. The number of aromatic nitrogens is 2. The number of benzene rings is 1. The molecule has 1 unspecified atom stereocenters. The van der Waals surface area contributed by atoms with Gasteiger partial charge in [-0.25, -0.2) is 0 Å². The van der Waals surface area contributed by atoms with Gasteiger partial charge < -0.3 is 5.32 Å². The van der Waals surface area contributed by atoms with Crippen molar-refractivity contribution in [3.8, 4) is 0 Å². The lowest BCUT2D eigenvalue weighted by atomic mass is 10.0. The van der Waals surface area contributed by atoms with E-state index in [0.29, 0.717) is 0 Å². The zero-order chi connectivity index (χ0) is 14.5. The van der Waals surface area contributed by atoms with Gasteiger partial charge >= 0.3 is 0 Å². The molecule has 0 aliphatic rings. The van der Waals surface area contributed by atoms with Crippen LogP contribution in [0, 0.1) is 0 Å². The highest BCUT2D eigenvalue weighted by Gasteiger charge is 2.19. The van der Waals surface area contributed by atoms with Gasteiger partial charge in [0.05, 0.1) is 11.7 Å². The smallest absolute Gasteiger partial charge is 0.0759 e. The van der Waals surface area contributed by atoms with Crippen LogP contribution in [-0.2, 0) is 6.54 Å². The lowest BCUT2D eigenvalue weighted by Gasteiger charge is -2.21. The van der Waals surface area contributed by atoms with Gasteiger partial charge in [-0.2, -0.15) is 5.10 Å². The third-order valence-corrected chi connectivity index (χ3v) is 4.40. The van der Waals surface area contributed by atoms with Crippen molar-refractivity contribution in [2.75, 3.05) is 6.54 Å². The molecule has 0 amide bonds. The molecule has 3 nitrogen and oxygen atoms in total. The molecular weight excluding hydrogens is 382 g/mol. The van der Waals surface area contributed by atoms with E-state index < -0.39 is 0 Å². The Morgan fingerprint density at radius 2 is 2.05 bits per heavy atom. The Hall–Kier alpha value is -0.650. The normalized spacial score (nSPS) is 12.6. The second-order valence-electron chi connectivity index (χ2n) is 4.62. The molecule has 2 rings (SSSR count). The molecule has 0 saturated heterocycles. The standard InChI is InChI=1S/C15H19Br2N3/c1-3-8-18-15(14-7-9-19-20(14)4-2)12-6-5-11(16)10-13(12)17/h5-7,9-10,15,18H,3-4,8H2,1-2H3. The predicted octanol–water partition coefficient (Wildman–Crippen LogP) is 4.52. The monoisotopic (exact) mass is 399 g/mol. The number of nitrogens with zero attached hydrogens (tertiary/aromatic N) is 2. The van der Waals surface area contributed by atoms with Gasteiger partial charge in [0.1, 0.15) is 0 Å². The highest BCUT2D eigenvalue weighted by molar-refractivity contribution is 9.11. The lowest BCUT2D eigenvalue weighted by Crippen LogP contribution is -2.26. The summed E-state index contributed by atoms with van der Waals surface area (Å²) in [7, 11) is 0. The number of rotatable bonds is 6. The molecule has 2 aromatic rings. The van der Waals surface area contributed by atoms with Crippen LogP contribution in [0.5, 0.6) is 0 Å². The maximum Gasteiger partial charge on any atom is 0.0759 e. The first-order chi connectivity index (χ1) is 9.67. The summed E-state index contributed by atoms with van der Waals surface area (Å²) < 4.78 is 4.22. The molecule has 1 N–H and O–H groups in total. The zero-order valence-electron chi connectivity index (χ0n) is 11.7. The number of aryl methyl sites for hydroxylation is 1. The van der Waals surface area contributed by atoms with Crippen LogP contribution < -0.4 is 5.32 Å². The number of nitrogens with one attached hydrogen (secondary N) is 1. The van der Waals surface area contributed by atoms with Crippen LogP contribution in [-0.4, -0.2) is 16.3 Å². The van der Waals surface area contributed by atoms with Gasteiger partial charge in [0, 0.05) is 21.7 Å². The van der Waals surface area contributed by atoms with Crippen molar-refractivity contribution in [2.45, 2.75) is 32.9 Å². The Kier molecular flexibility index (Phi) is 5.81. The van der Waals surface area contributed by atoms with E-state index >= 15 is 0 Å². The average Bonchev–Trinajstić information content (AvgIpc) is 2.89. The van der Waals surface area contributed by atoms with Gasteiger partial charge in [0.25, 0.3) is 0 Å². The summed E-state index contributed by atoms with van der Waals surface area (Å²) in [5.74, 6) is 0. The highest BCUT2D eigenvalue weighted by Crippen LogP contribution is 2.30. The first-order valence-corrected chi connectivity index (χ1v) is 8.46. The average molecular weight is 401 g/mol. The second kappa shape index (κ2) is 7.38. The molecule has 0 aliphatic carbocycles. The third-order valence-electron chi connectivity index (χ3n) is 3.22. The molecule has 0 spiro atoms. The Labute approximate surface area is 137 Å². The van der Waals surface area contributed by atoms with Crippen molar-refractivity contribution < 1.29 is 0 Å². The van der Waals surface area contributed by atoms with Crippen LogP contribution in [0.1, 0.15) is 37.6 Å². The van der Waals surface area contributed by atoms with Crippen LogP contribution in [0.2, 0.25) is 0 Å². The van der Waals surface area contributed by atoms with Crippen molar-refractivity contribution >= 4 is 31.9 Å². The van der Waals surface area contributed by atoms with E-state index in [1.54, 1.807) is 0 Å². The van der Waals surface area contributed by atoms with Crippen molar-refractivity contribution in [3.63, 3.8) is 0 Å². The molecule has 1 aromatic carbocycles. The third kappa shape index (κ3) is 3.51. The van der Waals surface area contributed by atoms with E-state index in [9.17, 15) is 0 Å². The molecule has 1 aromatic heterocycles. The molecule has 1 atom stereocenters. The summed E-state index contributed by atoms with van der Waals surface area (Å²) in [5, 5.41) is 8.01. The predicted molar refractivity (Wildman–Crippen MR) is 89.9 cm³/mol. The van der Waals surface area contributed by atoms with Crippen LogP contribution in [0.4, 0.5) is 0 Å². The van der Waals surface area contributed by atoms with E-state index in [0.717, 1.165) is 28.5 Å². The fraction of sp³-hybridized carbons (Fsp3) is 0.400. The van der Waals surface area contributed by atoms with E-state index in [1.807, 2.05) is 10.9 Å². The minimum absolute atomic E-state index is 0.153. The number of halogens is 2. The SMILES string of the molecule is CCCNC(c1ccc(Br)cc1Br)c1ccnn1CC. The molecule has 1 heterocycles. The molecule has 20 heavy (non-hydrogen) atoms. The first-order valence-electron chi connectivity index (χ1n) is 6.87. The Morgan fingerprint density at radius 3 is 2.70 bits per heavy atom. The fourth-order valence-electron chi connectivity index (χ4n) is 2.25. The fourth-order valence-corrected chi connectivity index (χ4v) is 3.53. The van der Waals surface area contributed by atoms with Gasteiger partial charge in [-0.15, -0.1) is 0 Å². The number of hydrogen-bond donors (Lipinski definition) is 1. The second-order valence-corrected chi connectivity index (χ2v) is 6.39. The Bertz CT molecular complexity index is 566. The zero-order valence-corrected chi connectivity index (χ0v) is 14.9. The van der Waals surface area contributed by atoms with Crippen molar-refractivity contribution in [3.05, 3.63) is 50.7 Å². The minimum atomic E-state index is 0.153. The van der Waals surface area contributed by atoms with Gasteiger partial charge in [-0.05, 0) is 43.7 Å². The molecule has 5 heteroatoms. The molecular formula is C15H19Br2N3. The maximum atomic E-state index is 4.39. The van der Waals surface area contributed by atoms with Gasteiger partial charge in [0.15, 0.2) is 0 Å². The van der Waals surface area contributed by atoms with Crippen LogP contribution in [0.15, 0.2) is 39.4 Å². The summed E-state index contributed by atoms with van der Waals surface area (Å²) in [5.41, 5.74) is 2.43. The largest absolute Gasteiger partial charge is 0.305 e. The maximum absolute atomic E-state index is 4.39. The van der Waals surface area contributed by atoms with E-state index in [1.165, 1.54) is 11.3 Å². The molecule has 0 aliphatic heterocycles.